The van der Waals surface area contributed by atoms with E-state index < -0.39 is 0 Å². The maximum atomic E-state index is 12.5. The molecule has 1 aliphatic heterocycles. The van der Waals surface area contributed by atoms with Crippen LogP contribution in [0.1, 0.15) is 27.4 Å². The van der Waals surface area contributed by atoms with E-state index in [1.54, 1.807) is 25.6 Å². The number of nitrogens with zero attached hydrogens (tertiary/aromatic N) is 2. The number of hydrogen-bond acceptors (Lipinski definition) is 6. The molecule has 0 amide bonds. The van der Waals surface area contributed by atoms with Crippen LogP contribution in [-0.4, -0.2) is 35.6 Å². The quantitative estimate of drug-likeness (QED) is 0.747. The van der Waals surface area contributed by atoms with Crippen LogP contribution in [0.25, 0.3) is 10.2 Å². The second-order valence-corrected chi connectivity index (χ2v) is 8.12. The Labute approximate surface area is 161 Å². The summed E-state index contributed by atoms with van der Waals surface area (Å²) in [5.74, 6) is 2.23. The first-order chi connectivity index (χ1) is 13.0. The van der Waals surface area contributed by atoms with E-state index in [2.05, 4.69) is 16.0 Å². The molecule has 1 aromatic carbocycles. The van der Waals surface area contributed by atoms with Gasteiger partial charge in [0.25, 0.3) is 5.56 Å². The van der Waals surface area contributed by atoms with Gasteiger partial charge >= 0.3 is 0 Å². The maximum absolute atomic E-state index is 12.5. The van der Waals surface area contributed by atoms with Gasteiger partial charge in [-0.3, -0.25) is 9.69 Å². The lowest BCUT2D eigenvalue weighted by Gasteiger charge is -2.29. The van der Waals surface area contributed by atoms with Crippen molar-refractivity contribution in [3.63, 3.8) is 0 Å². The minimum Gasteiger partial charge on any atom is -0.493 e. The van der Waals surface area contributed by atoms with E-state index >= 15 is 0 Å². The molecule has 1 N–H and O–H groups in total. The van der Waals surface area contributed by atoms with Crippen molar-refractivity contribution in [1.29, 1.82) is 0 Å². The number of aromatic nitrogens is 2. The third-order valence-corrected chi connectivity index (χ3v) is 6.36. The monoisotopic (exact) mass is 385 g/mol. The van der Waals surface area contributed by atoms with E-state index in [0.717, 1.165) is 57.5 Å². The molecule has 0 saturated carbocycles. The topological polar surface area (TPSA) is 67.5 Å². The van der Waals surface area contributed by atoms with Gasteiger partial charge in [-0.15, -0.1) is 11.3 Å². The number of aromatic amines is 1. The van der Waals surface area contributed by atoms with Crippen LogP contribution < -0.4 is 15.0 Å². The summed E-state index contributed by atoms with van der Waals surface area (Å²) in [6.45, 7) is 6.33. The lowest BCUT2D eigenvalue weighted by molar-refractivity contribution is 0.238. The number of nitrogens with one attached hydrogen (secondary N) is 1. The summed E-state index contributed by atoms with van der Waals surface area (Å²) in [6.07, 6.45) is 0.930. The molecule has 142 valence electrons. The van der Waals surface area contributed by atoms with E-state index in [1.165, 1.54) is 11.1 Å². The Kier molecular flexibility index (Phi) is 4.65. The van der Waals surface area contributed by atoms with Crippen LogP contribution in [0.15, 0.2) is 16.9 Å². The van der Waals surface area contributed by atoms with E-state index in [-0.39, 0.29) is 5.56 Å². The minimum atomic E-state index is -0.0411. The smallest absolute Gasteiger partial charge is 0.259 e. The lowest BCUT2D eigenvalue weighted by Crippen LogP contribution is -2.31. The van der Waals surface area contributed by atoms with E-state index in [0.29, 0.717) is 6.54 Å². The molecule has 1 aliphatic rings. The fourth-order valence-corrected chi connectivity index (χ4v) is 4.71. The summed E-state index contributed by atoms with van der Waals surface area (Å²) < 4.78 is 10.8. The average molecular weight is 385 g/mol. The second kappa shape index (κ2) is 6.98. The summed E-state index contributed by atoms with van der Waals surface area (Å²) >= 11 is 1.59. The maximum Gasteiger partial charge on any atom is 0.259 e. The van der Waals surface area contributed by atoms with Gasteiger partial charge in [0.15, 0.2) is 11.5 Å². The number of aryl methyl sites for hydroxylation is 2. The molecule has 0 spiro atoms. The predicted octanol–water partition coefficient (Wildman–Crippen LogP) is 3.18. The molecular formula is C20H23N3O3S. The molecule has 0 aliphatic carbocycles. The number of fused-ring (bicyclic) bond motifs is 2. The first-order valence-corrected chi connectivity index (χ1v) is 9.76. The third-order valence-electron chi connectivity index (χ3n) is 5.26. The van der Waals surface area contributed by atoms with Crippen LogP contribution in [0.4, 0.5) is 0 Å². The van der Waals surface area contributed by atoms with Crippen molar-refractivity contribution in [2.24, 2.45) is 0 Å². The van der Waals surface area contributed by atoms with Crippen molar-refractivity contribution >= 4 is 21.6 Å². The third kappa shape index (κ3) is 3.21. The van der Waals surface area contributed by atoms with Gasteiger partial charge in [0.1, 0.15) is 10.7 Å². The predicted molar refractivity (Wildman–Crippen MR) is 107 cm³/mol. The van der Waals surface area contributed by atoms with Crippen molar-refractivity contribution in [2.75, 3.05) is 20.8 Å². The Morgan fingerprint density at radius 3 is 2.59 bits per heavy atom. The van der Waals surface area contributed by atoms with Gasteiger partial charge in [-0.05, 0) is 49.1 Å². The van der Waals surface area contributed by atoms with Crippen LogP contribution in [0, 0.1) is 13.8 Å². The molecule has 3 aromatic rings. The normalized spacial score (nSPS) is 14.4. The van der Waals surface area contributed by atoms with E-state index in [9.17, 15) is 4.79 Å². The first-order valence-electron chi connectivity index (χ1n) is 8.95. The highest BCUT2D eigenvalue weighted by atomic mass is 32.1. The number of ether oxygens (including phenoxy) is 2. The number of rotatable bonds is 4. The molecule has 0 atom stereocenters. The van der Waals surface area contributed by atoms with Crippen LogP contribution in [0.2, 0.25) is 0 Å². The molecule has 3 heterocycles. The highest BCUT2D eigenvalue weighted by Gasteiger charge is 2.21. The van der Waals surface area contributed by atoms with Gasteiger partial charge in [-0.2, -0.15) is 0 Å². The Bertz CT molecular complexity index is 1070. The zero-order chi connectivity index (χ0) is 19.1. The van der Waals surface area contributed by atoms with Gasteiger partial charge in [-0.1, -0.05) is 0 Å². The van der Waals surface area contributed by atoms with Crippen molar-refractivity contribution in [3.8, 4) is 11.5 Å². The summed E-state index contributed by atoms with van der Waals surface area (Å²) in [5.41, 5.74) is 3.50. The van der Waals surface area contributed by atoms with Crippen molar-refractivity contribution in [1.82, 2.24) is 14.9 Å². The van der Waals surface area contributed by atoms with Gasteiger partial charge in [-0.25, -0.2) is 4.98 Å². The molecule has 0 unspecified atom stereocenters. The number of thiophene rings is 1. The summed E-state index contributed by atoms with van der Waals surface area (Å²) in [5, 5.41) is 0.724. The Morgan fingerprint density at radius 1 is 1.19 bits per heavy atom. The molecule has 0 bridgehead atoms. The number of hydrogen-bond donors (Lipinski definition) is 1. The minimum absolute atomic E-state index is 0.0411. The van der Waals surface area contributed by atoms with Crippen LogP contribution in [0.3, 0.4) is 0 Å². The zero-order valence-corrected chi connectivity index (χ0v) is 16.8. The number of H-pyrrole nitrogens is 1. The van der Waals surface area contributed by atoms with Gasteiger partial charge in [0.05, 0.1) is 26.2 Å². The molecular weight excluding hydrogens is 362 g/mol. The first kappa shape index (κ1) is 18.0. The van der Waals surface area contributed by atoms with Gasteiger partial charge in [0, 0.05) is 18.0 Å². The molecule has 0 radical (unpaired) electrons. The van der Waals surface area contributed by atoms with Crippen molar-refractivity contribution in [2.45, 2.75) is 33.4 Å². The summed E-state index contributed by atoms with van der Waals surface area (Å²) in [4.78, 5) is 24.4. The fraction of sp³-hybridized carbons (Fsp3) is 0.400. The van der Waals surface area contributed by atoms with Crippen LogP contribution in [-0.2, 0) is 19.5 Å². The Balaban J connectivity index is 1.60. The van der Waals surface area contributed by atoms with Crippen LogP contribution >= 0.6 is 11.3 Å². The second-order valence-electron chi connectivity index (χ2n) is 6.91. The summed E-state index contributed by atoms with van der Waals surface area (Å²) in [6, 6.07) is 4.11. The van der Waals surface area contributed by atoms with Gasteiger partial charge < -0.3 is 14.5 Å². The molecule has 4 rings (SSSR count). The molecule has 0 fully saturated rings. The van der Waals surface area contributed by atoms with E-state index in [1.807, 2.05) is 19.9 Å². The van der Waals surface area contributed by atoms with Crippen LogP contribution in [0.5, 0.6) is 11.5 Å². The molecule has 0 saturated heterocycles. The zero-order valence-electron chi connectivity index (χ0n) is 16.0. The Morgan fingerprint density at radius 2 is 1.89 bits per heavy atom. The number of methoxy groups -OCH3 is 2. The highest BCUT2D eigenvalue weighted by Crippen LogP contribution is 2.33. The Hall–Kier alpha value is -2.38. The standard InChI is InChI=1S/C20H23N3O3S/c1-11-12(2)27-20-18(11)19(24)21-17(22-20)10-23-6-5-13-7-15(25-3)16(26-4)8-14(13)9-23/h7-8H,5-6,9-10H2,1-4H3,(H,21,22,24). The summed E-state index contributed by atoms with van der Waals surface area (Å²) in [7, 11) is 3.31. The largest absolute Gasteiger partial charge is 0.493 e. The SMILES string of the molecule is COc1cc2c(cc1OC)CN(Cc1nc3sc(C)c(C)c3c(=O)[nH]1)CC2. The number of benzene rings is 1. The van der Waals surface area contributed by atoms with Crippen molar-refractivity contribution in [3.05, 3.63) is 49.9 Å². The van der Waals surface area contributed by atoms with E-state index in [4.69, 9.17) is 14.5 Å². The van der Waals surface area contributed by atoms with Crippen molar-refractivity contribution < 1.29 is 9.47 Å². The average Bonchev–Trinajstić information content (AvgIpc) is 2.94. The molecule has 2 aromatic heterocycles. The molecule has 6 nitrogen and oxygen atoms in total. The highest BCUT2D eigenvalue weighted by molar-refractivity contribution is 7.18. The molecule has 27 heavy (non-hydrogen) atoms. The van der Waals surface area contributed by atoms with Gasteiger partial charge in [0.2, 0.25) is 0 Å². The lowest BCUT2D eigenvalue weighted by atomic mass is 9.99. The fourth-order valence-electron chi connectivity index (χ4n) is 3.66. The molecule has 7 heteroatoms.